The molecular weight excluding hydrogens is 266 g/mol. The van der Waals surface area contributed by atoms with Crippen molar-refractivity contribution in [2.75, 3.05) is 6.61 Å². The smallest absolute Gasteiger partial charge is 0.169 e. The normalized spacial score (nSPS) is 15.6. The number of hydrogen-bond donors (Lipinski definition) is 1. The van der Waals surface area contributed by atoms with Gasteiger partial charge in [0.1, 0.15) is 23.9 Å². The van der Waals surface area contributed by atoms with E-state index in [9.17, 15) is 4.79 Å². The second-order valence-electron chi connectivity index (χ2n) is 5.00. The van der Waals surface area contributed by atoms with Crippen LogP contribution in [0.15, 0.2) is 42.5 Å². The van der Waals surface area contributed by atoms with Gasteiger partial charge in [-0.25, -0.2) is 0 Å². The molecule has 2 aromatic carbocycles. The van der Waals surface area contributed by atoms with Crippen LogP contribution in [-0.2, 0) is 4.79 Å². The van der Waals surface area contributed by atoms with Crippen LogP contribution in [0.4, 0.5) is 0 Å². The number of benzene rings is 2. The average Bonchev–Trinajstić information content (AvgIpc) is 2.52. The molecular formula is C17H17NO3. The second kappa shape index (κ2) is 5.58. The van der Waals surface area contributed by atoms with Gasteiger partial charge in [-0.05, 0) is 18.2 Å². The van der Waals surface area contributed by atoms with E-state index in [1.807, 2.05) is 43.3 Å². The van der Waals surface area contributed by atoms with Crippen molar-refractivity contribution < 1.29 is 14.3 Å². The van der Waals surface area contributed by atoms with Gasteiger partial charge in [-0.3, -0.25) is 4.79 Å². The first-order valence-corrected chi connectivity index (χ1v) is 7.00. The lowest BCUT2D eigenvalue weighted by Gasteiger charge is -2.25. The van der Waals surface area contributed by atoms with Gasteiger partial charge in [-0.2, -0.15) is 0 Å². The first-order chi connectivity index (χ1) is 10.2. The Labute approximate surface area is 123 Å². The van der Waals surface area contributed by atoms with Gasteiger partial charge in [0.25, 0.3) is 0 Å². The zero-order chi connectivity index (χ0) is 14.8. The summed E-state index contributed by atoms with van der Waals surface area (Å²) in [7, 11) is 0. The van der Waals surface area contributed by atoms with Crippen molar-refractivity contribution in [3.05, 3.63) is 53.6 Å². The van der Waals surface area contributed by atoms with Gasteiger partial charge in [0.2, 0.25) is 0 Å². The quantitative estimate of drug-likeness (QED) is 0.936. The Bertz CT molecular complexity index is 681. The van der Waals surface area contributed by atoms with Gasteiger partial charge in [-0.1, -0.05) is 25.1 Å². The fourth-order valence-corrected chi connectivity index (χ4v) is 2.33. The Morgan fingerprint density at radius 3 is 2.76 bits per heavy atom. The standard InChI is InChI=1S/C17H17NO3/c1-2-11(19)10-20-12-7-8-14-16(9-12)21-15-6-4-3-5-13(15)17(14)18/h3-9,17H,2,10,18H2,1H3. The molecule has 2 N–H and O–H groups in total. The first kappa shape index (κ1) is 13.6. The topological polar surface area (TPSA) is 61.5 Å². The number of Topliss-reactive ketones (excluding diaryl/α,β-unsaturated/α-hetero) is 1. The van der Waals surface area contributed by atoms with Crippen LogP contribution in [0.5, 0.6) is 17.2 Å². The van der Waals surface area contributed by atoms with Crippen molar-refractivity contribution >= 4 is 5.78 Å². The molecule has 0 aliphatic carbocycles. The zero-order valence-electron chi connectivity index (χ0n) is 11.8. The molecule has 1 aliphatic heterocycles. The van der Waals surface area contributed by atoms with Gasteiger partial charge in [-0.15, -0.1) is 0 Å². The number of carbonyl (C=O) groups is 1. The molecule has 2 aromatic rings. The van der Waals surface area contributed by atoms with Crippen LogP contribution in [-0.4, -0.2) is 12.4 Å². The molecule has 1 aliphatic rings. The Kier molecular flexibility index (Phi) is 3.62. The predicted octanol–water partition coefficient (Wildman–Crippen LogP) is 3.20. The lowest BCUT2D eigenvalue weighted by atomic mass is 9.95. The van der Waals surface area contributed by atoms with Crippen LogP contribution >= 0.6 is 0 Å². The number of ketones is 1. The maximum absolute atomic E-state index is 11.3. The van der Waals surface area contributed by atoms with E-state index in [-0.39, 0.29) is 18.4 Å². The number of para-hydroxylation sites is 1. The van der Waals surface area contributed by atoms with E-state index in [4.69, 9.17) is 15.2 Å². The maximum atomic E-state index is 11.3. The number of ether oxygens (including phenoxy) is 2. The SMILES string of the molecule is CCC(=O)COc1ccc2c(c1)Oc1ccccc1C2N. The van der Waals surface area contributed by atoms with E-state index in [2.05, 4.69) is 0 Å². The molecule has 108 valence electrons. The van der Waals surface area contributed by atoms with Crippen molar-refractivity contribution in [2.45, 2.75) is 19.4 Å². The highest BCUT2D eigenvalue weighted by Crippen LogP contribution is 2.42. The van der Waals surface area contributed by atoms with E-state index in [1.54, 1.807) is 6.07 Å². The summed E-state index contributed by atoms with van der Waals surface area (Å²) in [6.07, 6.45) is 0.472. The average molecular weight is 283 g/mol. The lowest BCUT2D eigenvalue weighted by Crippen LogP contribution is -2.18. The minimum Gasteiger partial charge on any atom is -0.486 e. The number of fused-ring (bicyclic) bond motifs is 2. The van der Waals surface area contributed by atoms with Crippen LogP contribution in [0.3, 0.4) is 0 Å². The summed E-state index contributed by atoms with van der Waals surface area (Å²) in [5.41, 5.74) is 8.17. The van der Waals surface area contributed by atoms with Crippen LogP contribution < -0.4 is 15.2 Å². The molecule has 1 unspecified atom stereocenters. The highest BCUT2D eigenvalue weighted by molar-refractivity contribution is 5.79. The summed E-state index contributed by atoms with van der Waals surface area (Å²) >= 11 is 0. The predicted molar refractivity (Wildman–Crippen MR) is 79.8 cm³/mol. The van der Waals surface area contributed by atoms with Crippen molar-refractivity contribution in [1.82, 2.24) is 0 Å². The molecule has 1 atom stereocenters. The lowest BCUT2D eigenvalue weighted by molar-refractivity contribution is -0.120. The number of carbonyl (C=O) groups excluding carboxylic acids is 1. The third-order valence-corrected chi connectivity index (χ3v) is 3.59. The molecule has 0 bridgehead atoms. The fourth-order valence-electron chi connectivity index (χ4n) is 2.33. The molecule has 1 heterocycles. The van der Waals surface area contributed by atoms with Crippen molar-refractivity contribution in [1.29, 1.82) is 0 Å². The molecule has 0 radical (unpaired) electrons. The van der Waals surface area contributed by atoms with Crippen LogP contribution in [0.2, 0.25) is 0 Å². The zero-order valence-corrected chi connectivity index (χ0v) is 11.8. The van der Waals surface area contributed by atoms with E-state index in [0.29, 0.717) is 17.9 Å². The summed E-state index contributed by atoms with van der Waals surface area (Å²) in [5, 5.41) is 0. The summed E-state index contributed by atoms with van der Waals surface area (Å²) in [6.45, 7) is 1.90. The summed E-state index contributed by atoms with van der Waals surface area (Å²) < 4.78 is 11.4. The van der Waals surface area contributed by atoms with Gasteiger partial charge in [0.15, 0.2) is 5.78 Å². The minimum absolute atomic E-state index is 0.0655. The Balaban J connectivity index is 1.86. The highest BCUT2D eigenvalue weighted by Gasteiger charge is 2.24. The molecule has 4 heteroatoms. The molecule has 4 nitrogen and oxygen atoms in total. The Morgan fingerprint density at radius 2 is 1.95 bits per heavy atom. The van der Waals surface area contributed by atoms with Gasteiger partial charge >= 0.3 is 0 Å². The van der Waals surface area contributed by atoms with E-state index in [0.717, 1.165) is 16.9 Å². The highest BCUT2D eigenvalue weighted by atomic mass is 16.5. The van der Waals surface area contributed by atoms with Crippen LogP contribution in [0, 0.1) is 0 Å². The molecule has 3 rings (SSSR count). The summed E-state index contributed by atoms with van der Waals surface area (Å²) in [6, 6.07) is 13.0. The van der Waals surface area contributed by atoms with E-state index < -0.39 is 0 Å². The molecule has 0 fully saturated rings. The monoisotopic (exact) mass is 283 g/mol. The van der Waals surface area contributed by atoms with Gasteiger partial charge in [0.05, 0.1) is 6.04 Å². The second-order valence-corrected chi connectivity index (χ2v) is 5.00. The maximum Gasteiger partial charge on any atom is 0.169 e. The molecule has 0 saturated carbocycles. The number of nitrogens with two attached hydrogens (primary N) is 1. The Morgan fingerprint density at radius 1 is 1.19 bits per heavy atom. The molecule has 21 heavy (non-hydrogen) atoms. The van der Waals surface area contributed by atoms with E-state index >= 15 is 0 Å². The third-order valence-electron chi connectivity index (χ3n) is 3.59. The minimum atomic E-state index is -0.212. The van der Waals surface area contributed by atoms with Gasteiger partial charge in [0, 0.05) is 23.6 Å². The van der Waals surface area contributed by atoms with E-state index in [1.165, 1.54) is 0 Å². The Hall–Kier alpha value is -2.33. The molecule has 0 spiro atoms. The van der Waals surface area contributed by atoms with Crippen LogP contribution in [0.1, 0.15) is 30.5 Å². The molecule has 0 saturated heterocycles. The number of hydrogen-bond acceptors (Lipinski definition) is 4. The molecule has 0 aromatic heterocycles. The third kappa shape index (κ3) is 2.62. The first-order valence-electron chi connectivity index (χ1n) is 7.00. The molecule has 0 amide bonds. The van der Waals surface area contributed by atoms with Crippen molar-refractivity contribution in [3.8, 4) is 17.2 Å². The summed E-state index contributed by atoms with van der Waals surface area (Å²) in [5.74, 6) is 2.12. The largest absolute Gasteiger partial charge is 0.486 e. The fraction of sp³-hybridized carbons (Fsp3) is 0.235. The van der Waals surface area contributed by atoms with Crippen molar-refractivity contribution in [3.63, 3.8) is 0 Å². The van der Waals surface area contributed by atoms with Crippen molar-refractivity contribution in [2.24, 2.45) is 5.73 Å². The van der Waals surface area contributed by atoms with Crippen LogP contribution in [0.25, 0.3) is 0 Å². The summed E-state index contributed by atoms with van der Waals surface area (Å²) in [4.78, 5) is 11.3. The number of rotatable bonds is 4. The van der Waals surface area contributed by atoms with Gasteiger partial charge < -0.3 is 15.2 Å².